The molecule has 0 fully saturated rings. The number of benzene rings is 3. The molecular weight excluding hydrogens is 512 g/mol. The van der Waals surface area contributed by atoms with Crippen molar-refractivity contribution in [2.75, 3.05) is 26.6 Å². The molecule has 38 heavy (non-hydrogen) atoms. The van der Waals surface area contributed by atoms with E-state index in [9.17, 15) is 22.8 Å². The fraction of sp³-hybridized carbons (Fsp3) is 0.222. The minimum Gasteiger partial charge on any atom is -0.496 e. The molecule has 0 aliphatic rings. The Morgan fingerprint density at radius 1 is 0.842 bits per heavy atom. The van der Waals surface area contributed by atoms with Crippen molar-refractivity contribution in [1.29, 1.82) is 0 Å². The Kier molecular flexibility index (Phi) is 9.21. The highest BCUT2D eigenvalue weighted by Gasteiger charge is 2.27. The van der Waals surface area contributed by atoms with Crippen LogP contribution in [0.25, 0.3) is 0 Å². The predicted octanol–water partition coefficient (Wildman–Crippen LogP) is 3.11. The summed E-state index contributed by atoms with van der Waals surface area (Å²) >= 11 is 0. The van der Waals surface area contributed by atoms with Gasteiger partial charge in [-0.15, -0.1) is 0 Å². The molecule has 1 atom stereocenters. The number of rotatable bonds is 10. The maximum atomic E-state index is 13.4. The molecule has 200 valence electrons. The number of sulfonamides is 1. The Morgan fingerprint density at radius 2 is 1.45 bits per heavy atom. The first-order valence-corrected chi connectivity index (χ1v) is 12.9. The molecule has 0 bridgehead atoms. The van der Waals surface area contributed by atoms with Crippen molar-refractivity contribution in [3.05, 3.63) is 89.0 Å². The monoisotopic (exact) mass is 540 g/mol. The summed E-state index contributed by atoms with van der Waals surface area (Å²) < 4.78 is 43.6. The lowest BCUT2D eigenvalue weighted by molar-refractivity contribution is -0.117. The van der Waals surface area contributed by atoms with Crippen molar-refractivity contribution in [2.24, 2.45) is 0 Å². The fourth-order valence-electron chi connectivity index (χ4n) is 3.71. The molecule has 3 aromatic rings. The Balaban J connectivity index is 1.96. The van der Waals surface area contributed by atoms with Gasteiger partial charge in [0.2, 0.25) is 15.9 Å². The smallest absolute Gasteiger partial charge is 0.337 e. The molecule has 0 radical (unpaired) electrons. The van der Waals surface area contributed by atoms with Crippen LogP contribution in [0.2, 0.25) is 0 Å². The van der Waals surface area contributed by atoms with Gasteiger partial charge in [0.1, 0.15) is 11.8 Å². The van der Waals surface area contributed by atoms with Crippen molar-refractivity contribution < 1.29 is 37.0 Å². The van der Waals surface area contributed by atoms with Gasteiger partial charge in [-0.05, 0) is 60.9 Å². The van der Waals surface area contributed by atoms with E-state index in [-0.39, 0.29) is 28.1 Å². The van der Waals surface area contributed by atoms with Gasteiger partial charge in [0.25, 0.3) is 0 Å². The molecule has 11 heteroatoms. The third-order valence-corrected chi connectivity index (χ3v) is 7.09. The van der Waals surface area contributed by atoms with Crippen molar-refractivity contribution in [3.8, 4) is 5.75 Å². The van der Waals surface area contributed by atoms with E-state index in [1.165, 1.54) is 57.7 Å². The summed E-state index contributed by atoms with van der Waals surface area (Å²) in [6.07, 6.45) is 0.0294. The molecule has 0 aliphatic carbocycles. The molecule has 0 unspecified atom stereocenters. The van der Waals surface area contributed by atoms with Crippen LogP contribution in [0.4, 0.5) is 5.69 Å². The highest BCUT2D eigenvalue weighted by molar-refractivity contribution is 7.89. The summed E-state index contributed by atoms with van der Waals surface area (Å²) in [7, 11) is -0.293. The highest BCUT2D eigenvalue weighted by Crippen LogP contribution is 2.22. The van der Waals surface area contributed by atoms with E-state index in [0.29, 0.717) is 16.9 Å². The number of methoxy groups -OCH3 is 3. The first-order chi connectivity index (χ1) is 18.1. The zero-order valence-electron chi connectivity index (χ0n) is 21.3. The van der Waals surface area contributed by atoms with Crippen LogP contribution in [0.5, 0.6) is 5.75 Å². The standard InChI is InChI=1S/C27H28N2O8S/c1-17-12-22(10-11-24(17)35-2)38(33,34)29-23(13-18-8-6-5-7-9-18)25(30)28-21-15-19(26(31)36-3)14-20(16-21)27(32)37-4/h5-12,14-16,23,29H,13H2,1-4H3,(H,28,30)/t23-/m0/s1. The summed E-state index contributed by atoms with van der Waals surface area (Å²) in [5.41, 5.74) is 1.39. The fourth-order valence-corrected chi connectivity index (χ4v) is 4.99. The topological polar surface area (TPSA) is 137 Å². The maximum absolute atomic E-state index is 13.4. The van der Waals surface area contributed by atoms with Gasteiger partial charge in [0, 0.05) is 5.69 Å². The molecule has 0 spiro atoms. The second-order valence-electron chi connectivity index (χ2n) is 8.27. The SMILES string of the molecule is COC(=O)c1cc(NC(=O)[C@H](Cc2ccccc2)NS(=O)(=O)c2ccc(OC)c(C)c2)cc(C(=O)OC)c1. The molecule has 2 N–H and O–H groups in total. The van der Waals surface area contributed by atoms with Gasteiger partial charge in [-0.25, -0.2) is 18.0 Å². The number of nitrogens with one attached hydrogen (secondary N) is 2. The van der Waals surface area contributed by atoms with Crippen LogP contribution in [-0.4, -0.2) is 53.6 Å². The predicted molar refractivity (Wildman–Crippen MR) is 140 cm³/mol. The van der Waals surface area contributed by atoms with E-state index < -0.39 is 33.9 Å². The van der Waals surface area contributed by atoms with Crippen LogP contribution in [-0.2, 0) is 30.7 Å². The zero-order chi connectivity index (χ0) is 27.9. The number of esters is 2. The average molecular weight is 541 g/mol. The van der Waals surface area contributed by atoms with Crippen LogP contribution in [0, 0.1) is 6.92 Å². The van der Waals surface area contributed by atoms with E-state index >= 15 is 0 Å². The van der Waals surface area contributed by atoms with Gasteiger partial charge < -0.3 is 19.5 Å². The molecule has 0 heterocycles. The Bertz CT molecular complexity index is 1400. The summed E-state index contributed by atoms with van der Waals surface area (Å²) in [5.74, 6) is -1.65. The minimum atomic E-state index is -4.13. The second-order valence-corrected chi connectivity index (χ2v) is 9.98. The first kappa shape index (κ1) is 28.4. The third-order valence-electron chi connectivity index (χ3n) is 5.62. The Labute approximate surface area is 221 Å². The van der Waals surface area contributed by atoms with Crippen LogP contribution in [0.15, 0.2) is 71.6 Å². The molecule has 10 nitrogen and oxygen atoms in total. The van der Waals surface area contributed by atoms with E-state index in [1.54, 1.807) is 37.3 Å². The number of hydrogen-bond acceptors (Lipinski definition) is 8. The number of hydrogen-bond donors (Lipinski definition) is 2. The Morgan fingerprint density at radius 3 is 1.97 bits per heavy atom. The van der Waals surface area contributed by atoms with E-state index in [2.05, 4.69) is 10.0 Å². The zero-order valence-corrected chi connectivity index (χ0v) is 22.1. The molecular formula is C27H28N2O8S. The lowest BCUT2D eigenvalue weighted by Gasteiger charge is -2.20. The maximum Gasteiger partial charge on any atom is 0.337 e. The van der Waals surface area contributed by atoms with E-state index in [0.717, 1.165) is 0 Å². The van der Waals surface area contributed by atoms with Crippen LogP contribution in [0.3, 0.4) is 0 Å². The molecule has 0 saturated carbocycles. The first-order valence-electron chi connectivity index (χ1n) is 11.4. The van der Waals surface area contributed by atoms with Gasteiger partial charge in [0.15, 0.2) is 0 Å². The lowest BCUT2D eigenvalue weighted by Crippen LogP contribution is -2.45. The Hall–Kier alpha value is -4.22. The van der Waals surface area contributed by atoms with Crippen molar-refractivity contribution in [1.82, 2.24) is 4.72 Å². The number of ether oxygens (including phenoxy) is 3. The van der Waals surface area contributed by atoms with Crippen molar-refractivity contribution in [3.63, 3.8) is 0 Å². The summed E-state index contributed by atoms with van der Waals surface area (Å²) in [5, 5.41) is 2.60. The molecule has 0 saturated heterocycles. The number of carbonyl (C=O) groups excluding carboxylic acids is 3. The number of aryl methyl sites for hydroxylation is 1. The van der Waals surface area contributed by atoms with Crippen LogP contribution in [0.1, 0.15) is 31.8 Å². The highest BCUT2D eigenvalue weighted by atomic mass is 32.2. The van der Waals surface area contributed by atoms with Gasteiger partial charge in [-0.1, -0.05) is 30.3 Å². The third kappa shape index (κ3) is 6.96. The number of amides is 1. The number of carbonyl (C=O) groups is 3. The van der Waals surface area contributed by atoms with Crippen LogP contribution < -0.4 is 14.8 Å². The van der Waals surface area contributed by atoms with Crippen LogP contribution >= 0.6 is 0 Å². The van der Waals surface area contributed by atoms with Gasteiger partial charge in [-0.2, -0.15) is 4.72 Å². The van der Waals surface area contributed by atoms with Crippen molar-refractivity contribution >= 4 is 33.6 Å². The van der Waals surface area contributed by atoms with E-state index in [4.69, 9.17) is 14.2 Å². The van der Waals surface area contributed by atoms with Crippen molar-refractivity contribution in [2.45, 2.75) is 24.3 Å². The largest absolute Gasteiger partial charge is 0.496 e. The molecule has 3 aromatic carbocycles. The molecule has 0 aliphatic heterocycles. The normalized spacial score (nSPS) is 11.8. The van der Waals surface area contributed by atoms with Gasteiger partial charge in [-0.3, -0.25) is 4.79 Å². The lowest BCUT2D eigenvalue weighted by atomic mass is 10.1. The molecule has 0 aromatic heterocycles. The molecule has 1 amide bonds. The summed E-state index contributed by atoms with van der Waals surface area (Å²) in [6, 6.07) is 15.9. The average Bonchev–Trinajstić information content (AvgIpc) is 2.91. The minimum absolute atomic E-state index is 0.000372. The van der Waals surface area contributed by atoms with Gasteiger partial charge >= 0.3 is 11.9 Å². The summed E-state index contributed by atoms with van der Waals surface area (Å²) in [4.78, 5) is 37.6. The molecule has 3 rings (SSSR count). The summed E-state index contributed by atoms with van der Waals surface area (Å²) in [6.45, 7) is 1.71. The van der Waals surface area contributed by atoms with Gasteiger partial charge in [0.05, 0.1) is 37.4 Å². The number of anilines is 1. The second kappa shape index (κ2) is 12.3. The quantitative estimate of drug-likeness (QED) is 0.374. The van der Waals surface area contributed by atoms with E-state index in [1.807, 2.05) is 0 Å².